The van der Waals surface area contributed by atoms with Crippen LogP contribution in [-0.4, -0.2) is 17.4 Å². The van der Waals surface area contributed by atoms with Crippen LogP contribution < -0.4 is 10.1 Å². The molecule has 0 atom stereocenters. The number of nitrogens with one attached hydrogen (secondary N) is 1. The summed E-state index contributed by atoms with van der Waals surface area (Å²) in [6, 6.07) is 15.6. The molecule has 2 aromatic rings. The fraction of sp³-hybridized carbons (Fsp3) is 0.125. The molecular formula is C16H15N2O4. The first-order valence-electron chi connectivity index (χ1n) is 6.68. The normalized spacial score (nSPS) is 10.0. The third kappa shape index (κ3) is 4.59. The lowest BCUT2D eigenvalue weighted by Crippen LogP contribution is -2.27. The molecule has 1 N–H and O–H groups in total. The summed E-state index contributed by atoms with van der Waals surface area (Å²) in [6.45, 7) is 1.34. The van der Waals surface area contributed by atoms with Gasteiger partial charge in [0.1, 0.15) is 0 Å². The topological polar surface area (TPSA) is 81.5 Å². The Morgan fingerprint density at radius 2 is 1.82 bits per heavy atom. The maximum Gasteiger partial charge on any atom is 0.310 e. The Balaban J connectivity index is 1.77. The Morgan fingerprint density at radius 3 is 2.55 bits per heavy atom. The number of para-hydroxylation sites is 2. The Bertz CT molecular complexity index is 644. The highest BCUT2D eigenvalue weighted by atomic mass is 16.6. The first-order chi connectivity index (χ1) is 10.7. The Labute approximate surface area is 127 Å². The molecule has 0 aliphatic carbocycles. The Morgan fingerprint density at radius 1 is 1.14 bits per heavy atom. The van der Waals surface area contributed by atoms with Crippen molar-refractivity contribution in [3.63, 3.8) is 0 Å². The van der Waals surface area contributed by atoms with E-state index in [4.69, 9.17) is 4.74 Å². The Hall–Kier alpha value is -2.89. The molecule has 0 saturated heterocycles. The van der Waals surface area contributed by atoms with E-state index in [0.717, 1.165) is 5.56 Å². The molecule has 0 aliphatic heterocycles. The Kier molecular flexibility index (Phi) is 5.48. The molecule has 2 aromatic carbocycles. The standard InChI is InChI=1S/C16H15N2O4/c19-16(17-11-10-13-6-2-1-3-7-13)12-22-15-9-5-4-8-14(15)18(20)21/h1-9,11H,10,12H2,(H,17,19). The quantitative estimate of drug-likeness (QED) is 0.629. The maximum absolute atomic E-state index is 11.7. The molecular weight excluding hydrogens is 284 g/mol. The maximum atomic E-state index is 11.7. The zero-order chi connectivity index (χ0) is 15.8. The van der Waals surface area contributed by atoms with Crippen LogP contribution in [0.4, 0.5) is 5.69 Å². The molecule has 0 bridgehead atoms. The largest absolute Gasteiger partial charge is 0.477 e. The number of ether oxygens (including phenoxy) is 1. The van der Waals surface area contributed by atoms with Crippen molar-refractivity contribution >= 4 is 11.6 Å². The zero-order valence-corrected chi connectivity index (χ0v) is 11.8. The molecule has 0 spiro atoms. The van der Waals surface area contributed by atoms with Gasteiger partial charge in [0, 0.05) is 6.07 Å². The summed E-state index contributed by atoms with van der Waals surface area (Å²) in [6.07, 6.45) is 0.595. The van der Waals surface area contributed by atoms with Crippen molar-refractivity contribution in [2.24, 2.45) is 0 Å². The van der Waals surface area contributed by atoms with Gasteiger partial charge in [-0.05, 0) is 18.1 Å². The summed E-state index contributed by atoms with van der Waals surface area (Å²) in [4.78, 5) is 21.9. The number of nitrogens with zero attached hydrogens (tertiary/aromatic N) is 1. The first-order valence-corrected chi connectivity index (χ1v) is 6.68. The molecule has 1 radical (unpaired) electrons. The number of hydrogen-bond acceptors (Lipinski definition) is 4. The van der Waals surface area contributed by atoms with E-state index in [1.54, 1.807) is 18.7 Å². The molecule has 0 heterocycles. The smallest absolute Gasteiger partial charge is 0.310 e. The zero-order valence-electron chi connectivity index (χ0n) is 11.8. The van der Waals surface area contributed by atoms with Gasteiger partial charge in [-0.1, -0.05) is 42.5 Å². The summed E-state index contributed by atoms with van der Waals surface area (Å²) in [5.41, 5.74) is 0.908. The summed E-state index contributed by atoms with van der Waals surface area (Å²) >= 11 is 0. The molecule has 6 heteroatoms. The van der Waals surface area contributed by atoms with Crippen LogP contribution in [0.1, 0.15) is 5.56 Å². The summed E-state index contributed by atoms with van der Waals surface area (Å²) in [5, 5.41) is 13.4. The molecule has 6 nitrogen and oxygen atoms in total. The number of hydrogen-bond donors (Lipinski definition) is 1. The van der Waals surface area contributed by atoms with Crippen molar-refractivity contribution in [2.45, 2.75) is 6.42 Å². The molecule has 0 fully saturated rings. The minimum atomic E-state index is -0.547. The summed E-state index contributed by atoms with van der Waals surface area (Å²) in [7, 11) is 0. The van der Waals surface area contributed by atoms with E-state index in [-0.39, 0.29) is 24.0 Å². The van der Waals surface area contributed by atoms with Crippen molar-refractivity contribution in [3.8, 4) is 5.75 Å². The average molecular weight is 299 g/mol. The van der Waals surface area contributed by atoms with Crippen LogP contribution in [0.3, 0.4) is 0 Å². The highest BCUT2D eigenvalue weighted by Gasteiger charge is 2.14. The van der Waals surface area contributed by atoms with E-state index in [2.05, 4.69) is 5.32 Å². The number of benzene rings is 2. The lowest BCUT2D eigenvalue weighted by molar-refractivity contribution is -0.385. The van der Waals surface area contributed by atoms with Crippen molar-refractivity contribution in [3.05, 3.63) is 76.8 Å². The number of nitro benzene ring substituents is 1. The van der Waals surface area contributed by atoms with Gasteiger partial charge in [-0.25, -0.2) is 0 Å². The molecule has 0 aromatic heterocycles. The second kappa shape index (κ2) is 7.78. The predicted molar refractivity (Wildman–Crippen MR) is 81.2 cm³/mol. The van der Waals surface area contributed by atoms with Crippen LogP contribution in [0.5, 0.6) is 5.75 Å². The monoisotopic (exact) mass is 299 g/mol. The number of nitro groups is 1. The van der Waals surface area contributed by atoms with E-state index in [9.17, 15) is 14.9 Å². The highest BCUT2D eigenvalue weighted by Crippen LogP contribution is 2.25. The van der Waals surface area contributed by atoms with Gasteiger partial charge in [0.2, 0.25) is 0 Å². The number of carbonyl (C=O) groups excluding carboxylic acids is 1. The van der Waals surface area contributed by atoms with Crippen molar-refractivity contribution in [1.82, 2.24) is 5.32 Å². The predicted octanol–water partition coefficient (Wildman–Crippen LogP) is 2.49. The van der Waals surface area contributed by atoms with Gasteiger partial charge in [0.05, 0.1) is 11.5 Å². The summed E-state index contributed by atoms with van der Waals surface area (Å²) < 4.78 is 5.19. The second-order valence-corrected chi connectivity index (χ2v) is 4.47. The molecule has 0 saturated carbocycles. The fourth-order valence-electron chi connectivity index (χ4n) is 1.81. The lowest BCUT2D eigenvalue weighted by Gasteiger charge is -2.07. The van der Waals surface area contributed by atoms with E-state index >= 15 is 0 Å². The number of carbonyl (C=O) groups is 1. The van der Waals surface area contributed by atoms with Crippen LogP contribution in [0, 0.1) is 16.7 Å². The van der Waals surface area contributed by atoms with Crippen LogP contribution >= 0.6 is 0 Å². The number of amides is 1. The van der Waals surface area contributed by atoms with E-state index in [0.29, 0.717) is 6.42 Å². The van der Waals surface area contributed by atoms with Crippen LogP contribution in [-0.2, 0) is 11.2 Å². The van der Waals surface area contributed by atoms with Crippen LogP contribution in [0.15, 0.2) is 54.6 Å². The van der Waals surface area contributed by atoms with E-state index in [1.165, 1.54) is 12.1 Å². The molecule has 0 unspecified atom stereocenters. The summed E-state index contributed by atoms with van der Waals surface area (Å²) in [5.74, 6) is -0.292. The van der Waals surface area contributed by atoms with Gasteiger partial charge in [-0.2, -0.15) is 0 Å². The second-order valence-electron chi connectivity index (χ2n) is 4.47. The average Bonchev–Trinajstić information content (AvgIpc) is 2.54. The third-order valence-corrected chi connectivity index (χ3v) is 2.86. The lowest BCUT2D eigenvalue weighted by atomic mass is 10.1. The fourth-order valence-corrected chi connectivity index (χ4v) is 1.81. The SMILES string of the molecule is O=C(COc1ccccc1[N+](=O)[O-])N[CH]Cc1ccccc1. The van der Waals surface area contributed by atoms with Crippen LogP contribution in [0.2, 0.25) is 0 Å². The van der Waals surface area contributed by atoms with Gasteiger partial charge in [0.15, 0.2) is 12.4 Å². The van der Waals surface area contributed by atoms with Crippen molar-refractivity contribution in [2.75, 3.05) is 6.61 Å². The van der Waals surface area contributed by atoms with E-state index in [1.807, 2.05) is 30.3 Å². The van der Waals surface area contributed by atoms with Crippen molar-refractivity contribution < 1.29 is 14.5 Å². The van der Waals surface area contributed by atoms with E-state index < -0.39 is 4.92 Å². The first kappa shape index (κ1) is 15.5. The minimum Gasteiger partial charge on any atom is -0.477 e. The molecule has 2 rings (SSSR count). The van der Waals surface area contributed by atoms with Crippen molar-refractivity contribution in [1.29, 1.82) is 0 Å². The van der Waals surface area contributed by atoms with Gasteiger partial charge >= 0.3 is 5.69 Å². The van der Waals surface area contributed by atoms with Gasteiger partial charge in [0.25, 0.3) is 5.91 Å². The third-order valence-electron chi connectivity index (χ3n) is 2.86. The van der Waals surface area contributed by atoms with Gasteiger partial charge in [-0.15, -0.1) is 0 Å². The molecule has 1 amide bonds. The van der Waals surface area contributed by atoms with Gasteiger partial charge < -0.3 is 10.1 Å². The van der Waals surface area contributed by atoms with Crippen LogP contribution in [0.25, 0.3) is 0 Å². The highest BCUT2D eigenvalue weighted by molar-refractivity contribution is 5.78. The molecule has 113 valence electrons. The molecule has 0 aliphatic rings. The molecule has 22 heavy (non-hydrogen) atoms. The number of rotatable bonds is 7. The van der Waals surface area contributed by atoms with Gasteiger partial charge in [-0.3, -0.25) is 14.9 Å². The minimum absolute atomic E-state index is 0.0747.